The highest BCUT2D eigenvalue weighted by Crippen LogP contribution is 2.19. The molecule has 1 heterocycles. The van der Waals surface area contributed by atoms with Crippen molar-refractivity contribution < 1.29 is 5.11 Å². The van der Waals surface area contributed by atoms with Gasteiger partial charge >= 0.3 is 0 Å². The van der Waals surface area contributed by atoms with Crippen LogP contribution in [-0.4, -0.2) is 35.7 Å². The number of hydrogen-bond donors (Lipinski definition) is 1. The fraction of sp³-hybridized carbons (Fsp3) is 1.00. The van der Waals surface area contributed by atoms with E-state index in [2.05, 4.69) is 11.8 Å². The maximum Gasteiger partial charge on any atom is 0.0552 e. The van der Waals surface area contributed by atoms with Gasteiger partial charge in [0.05, 0.1) is 6.10 Å². The second-order valence-corrected chi connectivity index (χ2v) is 3.94. The third-order valence-electron chi connectivity index (χ3n) is 2.76. The molecule has 0 amide bonds. The van der Waals surface area contributed by atoms with E-state index in [4.69, 9.17) is 0 Å². The summed E-state index contributed by atoms with van der Waals surface area (Å²) in [6, 6.07) is 0. The molecule has 1 rings (SSSR count). The van der Waals surface area contributed by atoms with Crippen LogP contribution in [-0.2, 0) is 0 Å². The van der Waals surface area contributed by atoms with Crippen LogP contribution in [0.4, 0.5) is 0 Å². The van der Waals surface area contributed by atoms with E-state index in [1.54, 1.807) is 0 Å². The summed E-state index contributed by atoms with van der Waals surface area (Å²) < 4.78 is 0. The number of rotatable bonds is 3. The Balaban J connectivity index is 2.30. The van der Waals surface area contributed by atoms with Crippen molar-refractivity contribution in [2.45, 2.75) is 39.2 Å². The van der Waals surface area contributed by atoms with Crippen LogP contribution in [0.3, 0.4) is 0 Å². The first-order chi connectivity index (χ1) is 5.74. The van der Waals surface area contributed by atoms with Gasteiger partial charge in [-0.3, -0.25) is 0 Å². The molecule has 1 fully saturated rings. The first kappa shape index (κ1) is 10.0. The van der Waals surface area contributed by atoms with Gasteiger partial charge in [-0.25, -0.2) is 0 Å². The van der Waals surface area contributed by atoms with Gasteiger partial charge in [0, 0.05) is 6.54 Å². The highest BCUT2D eigenvalue weighted by atomic mass is 16.3. The highest BCUT2D eigenvalue weighted by Gasteiger charge is 2.22. The van der Waals surface area contributed by atoms with Gasteiger partial charge in [0.1, 0.15) is 0 Å². The second kappa shape index (κ2) is 4.83. The lowest BCUT2D eigenvalue weighted by atomic mass is 9.93. The molecular weight excluding hydrogens is 150 g/mol. The van der Waals surface area contributed by atoms with Crippen LogP contribution in [0.2, 0.25) is 0 Å². The molecule has 0 aromatic rings. The zero-order valence-electron chi connectivity index (χ0n) is 8.29. The van der Waals surface area contributed by atoms with Gasteiger partial charge in [-0.1, -0.05) is 6.92 Å². The molecule has 0 unspecified atom stereocenters. The first-order valence-corrected chi connectivity index (χ1v) is 5.14. The van der Waals surface area contributed by atoms with E-state index >= 15 is 0 Å². The maximum atomic E-state index is 9.44. The summed E-state index contributed by atoms with van der Waals surface area (Å²) in [6.45, 7) is 7.66. The van der Waals surface area contributed by atoms with E-state index in [1.165, 1.54) is 32.4 Å². The Morgan fingerprint density at radius 2 is 2.33 bits per heavy atom. The fourth-order valence-electron chi connectivity index (χ4n) is 2.00. The molecule has 0 aromatic carbocycles. The van der Waals surface area contributed by atoms with Crippen LogP contribution >= 0.6 is 0 Å². The molecular formula is C10H21NO. The van der Waals surface area contributed by atoms with Gasteiger partial charge in [0.25, 0.3) is 0 Å². The van der Waals surface area contributed by atoms with Crippen molar-refractivity contribution in [3.8, 4) is 0 Å². The third-order valence-corrected chi connectivity index (χ3v) is 2.76. The summed E-state index contributed by atoms with van der Waals surface area (Å²) in [5.41, 5.74) is 0. The molecule has 1 saturated heterocycles. The minimum absolute atomic E-state index is 0.121. The smallest absolute Gasteiger partial charge is 0.0552 e. The van der Waals surface area contributed by atoms with Gasteiger partial charge in [0.2, 0.25) is 0 Å². The van der Waals surface area contributed by atoms with Crippen LogP contribution in [0.25, 0.3) is 0 Å². The molecule has 12 heavy (non-hydrogen) atoms. The zero-order valence-corrected chi connectivity index (χ0v) is 8.29. The van der Waals surface area contributed by atoms with E-state index in [9.17, 15) is 5.11 Å². The summed E-state index contributed by atoms with van der Waals surface area (Å²) in [5.74, 6) is 0.519. The minimum atomic E-state index is -0.121. The molecule has 0 saturated carbocycles. The molecule has 0 aliphatic carbocycles. The van der Waals surface area contributed by atoms with E-state index < -0.39 is 0 Å². The van der Waals surface area contributed by atoms with Crippen molar-refractivity contribution in [2.24, 2.45) is 5.92 Å². The molecule has 0 spiro atoms. The predicted octanol–water partition coefficient (Wildman–Crippen LogP) is 1.49. The van der Waals surface area contributed by atoms with Gasteiger partial charge < -0.3 is 10.0 Å². The number of aliphatic hydroxyl groups is 1. The van der Waals surface area contributed by atoms with Crippen molar-refractivity contribution in [3.05, 3.63) is 0 Å². The van der Waals surface area contributed by atoms with Crippen molar-refractivity contribution in [1.82, 2.24) is 4.90 Å². The lowest BCUT2D eigenvalue weighted by Gasteiger charge is -2.33. The Morgan fingerprint density at radius 3 is 2.92 bits per heavy atom. The molecule has 2 nitrogen and oxygen atoms in total. The molecule has 1 N–H and O–H groups in total. The Bertz CT molecular complexity index is 123. The predicted molar refractivity (Wildman–Crippen MR) is 51.1 cm³/mol. The second-order valence-electron chi connectivity index (χ2n) is 3.94. The van der Waals surface area contributed by atoms with Crippen LogP contribution in [0.1, 0.15) is 33.1 Å². The Labute approximate surface area is 75.6 Å². The Kier molecular flexibility index (Phi) is 4.02. The highest BCUT2D eigenvalue weighted by molar-refractivity contribution is 4.75. The Hall–Kier alpha value is -0.0800. The lowest BCUT2D eigenvalue weighted by molar-refractivity contribution is 0.0630. The number of nitrogens with zero attached hydrogens (tertiary/aromatic N) is 1. The normalized spacial score (nSPS) is 28.8. The standard InChI is InChI=1S/C10H21NO/c1-3-6-11-7-4-5-10(8-11)9(2)12/h9-10,12H,3-8H2,1-2H3/t9-,10+/m1/s1. The molecule has 1 aliphatic rings. The summed E-state index contributed by atoms with van der Waals surface area (Å²) in [4.78, 5) is 2.47. The van der Waals surface area contributed by atoms with Gasteiger partial charge in [-0.05, 0) is 45.2 Å². The first-order valence-electron chi connectivity index (χ1n) is 5.14. The fourth-order valence-corrected chi connectivity index (χ4v) is 2.00. The summed E-state index contributed by atoms with van der Waals surface area (Å²) in [7, 11) is 0. The third kappa shape index (κ3) is 2.76. The van der Waals surface area contributed by atoms with Crippen LogP contribution in [0.5, 0.6) is 0 Å². The molecule has 1 aliphatic heterocycles. The summed E-state index contributed by atoms with van der Waals surface area (Å²) >= 11 is 0. The van der Waals surface area contributed by atoms with Gasteiger partial charge in [0.15, 0.2) is 0 Å². The number of likely N-dealkylation sites (tertiary alicyclic amines) is 1. The zero-order chi connectivity index (χ0) is 8.97. The molecule has 0 radical (unpaired) electrons. The largest absolute Gasteiger partial charge is 0.393 e. The molecule has 2 atom stereocenters. The van der Waals surface area contributed by atoms with E-state index in [0.717, 1.165) is 6.54 Å². The Morgan fingerprint density at radius 1 is 1.58 bits per heavy atom. The van der Waals surface area contributed by atoms with Crippen LogP contribution < -0.4 is 0 Å². The van der Waals surface area contributed by atoms with Crippen molar-refractivity contribution in [3.63, 3.8) is 0 Å². The van der Waals surface area contributed by atoms with Crippen molar-refractivity contribution >= 4 is 0 Å². The average Bonchev–Trinajstić information content (AvgIpc) is 2.05. The topological polar surface area (TPSA) is 23.5 Å². The quantitative estimate of drug-likeness (QED) is 0.695. The average molecular weight is 171 g/mol. The maximum absolute atomic E-state index is 9.44. The molecule has 2 heteroatoms. The molecule has 0 bridgehead atoms. The van der Waals surface area contributed by atoms with Crippen LogP contribution in [0, 0.1) is 5.92 Å². The van der Waals surface area contributed by atoms with E-state index in [0.29, 0.717) is 5.92 Å². The number of hydrogen-bond acceptors (Lipinski definition) is 2. The molecule has 72 valence electrons. The lowest BCUT2D eigenvalue weighted by Crippen LogP contribution is -2.39. The van der Waals surface area contributed by atoms with Crippen molar-refractivity contribution in [2.75, 3.05) is 19.6 Å². The summed E-state index contributed by atoms with van der Waals surface area (Å²) in [6.07, 6.45) is 3.57. The SMILES string of the molecule is CCCN1CCC[C@H]([C@@H](C)O)C1. The van der Waals surface area contributed by atoms with Gasteiger partial charge in [-0.15, -0.1) is 0 Å². The van der Waals surface area contributed by atoms with E-state index in [-0.39, 0.29) is 6.10 Å². The molecule has 0 aromatic heterocycles. The summed E-state index contributed by atoms with van der Waals surface area (Å²) in [5, 5.41) is 9.44. The van der Waals surface area contributed by atoms with Gasteiger partial charge in [-0.2, -0.15) is 0 Å². The van der Waals surface area contributed by atoms with E-state index in [1.807, 2.05) is 6.92 Å². The minimum Gasteiger partial charge on any atom is -0.393 e. The number of piperidine rings is 1. The monoisotopic (exact) mass is 171 g/mol. The van der Waals surface area contributed by atoms with Crippen molar-refractivity contribution in [1.29, 1.82) is 0 Å². The number of aliphatic hydroxyl groups excluding tert-OH is 1. The van der Waals surface area contributed by atoms with Crippen LogP contribution in [0.15, 0.2) is 0 Å².